The maximum absolute atomic E-state index is 2.52. The Balaban J connectivity index is 3.20. The van der Waals surface area contributed by atoms with Gasteiger partial charge in [0.2, 0.25) is 0 Å². The van der Waals surface area contributed by atoms with Crippen molar-refractivity contribution in [3.05, 3.63) is 0 Å². The number of hydrogen-bond donors (Lipinski definition) is 0. The summed E-state index contributed by atoms with van der Waals surface area (Å²) in [7, 11) is 0. The molecule has 0 aromatic rings. The van der Waals surface area contributed by atoms with Gasteiger partial charge in [0.25, 0.3) is 0 Å². The van der Waals surface area contributed by atoms with Crippen molar-refractivity contribution in [1.29, 1.82) is 0 Å². The first-order valence-electron chi connectivity index (χ1n) is 21.7. The van der Waals surface area contributed by atoms with E-state index in [1.165, 1.54) is 244 Å². The molecule has 0 nitrogen and oxygen atoms in total. The molecule has 0 aromatic carbocycles. The van der Waals surface area contributed by atoms with Crippen LogP contribution in [0, 0.1) is 11.8 Å². The van der Waals surface area contributed by atoms with Gasteiger partial charge in [0.05, 0.1) is 0 Å². The van der Waals surface area contributed by atoms with Gasteiger partial charge >= 0.3 is 0 Å². The fraction of sp³-hybridized carbons (Fsp3) is 1.00. The van der Waals surface area contributed by atoms with Gasteiger partial charge in [0, 0.05) is 0 Å². The van der Waals surface area contributed by atoms with Crippen molar-refractivity contribution in [2.75, 3.05) is 0 Å². The molecule has 0 rings (SSSR count). The molecule has 0 aliphatic heterocycles. The molecule has 0 heterocycles. The minimum Gasteiger partial charge on any atom is -0.0654 e. The van der Waals surface area contributed by atoms with Crippen LogP contribution in [-0.4, -0.2) is 0 Å². The Hall–Kier alpha value is 0. The molecule has 44 heavy (non-hydrogen) atoms. The van der Waals surface area contributed by atoms with E-state index in [1.807, 2.05) is 0 Å². The predicted molar refractivity (Wildman–Crippen MR) is 205 cm³/mol. The summed E-state index contributed by atoms with van der Waals surface area (Å²) in [6, 6.07) is 0. The first kappa shape index (κ1) is 44.0. The average molecular weight is 619 g/mol. The highest BCUT2D eigenvalue weighted by atomic mass is 14.1. The average Bonchev–Trinajstić information content (AvgIpc) is 3.03. The fourth-order valence-electron chi connectivity index (χ4n) is 7.57. The highest BCUT2D eigenvalue weighted by molar-refractivity contribution is 4.62. The van der Waals surface area contributed by atoms with Crippen molar-refractivity contribution in [3.63, 3.8) is 0 Å². The van der Waals surface area contributed by atoms with Gasteiger partial charge in [-0.3, -0.25) is 0 Å². The van der Waals surface area contributed by atoms with Crippen molar-refractivity contribution in [2.45, 2.75) is 272 Å². The minimum absolute atomic E-state index is 0.958. The second-order valence-corrected chi connectivity index (χ2v) is 15.5. The Bertz CT molecular complexity index is 480. The summed E-state index contributed by atoms with van der Waals surface area (Å²) in [4.78, 5) is 0. The van der Waals surface area contributed by atoms with Crippen LogP contribution in [0.4, 0.5) is 0 Å². The van der Waals surface area contributed by atoms with Gasteiger partial charge in [-0.2, -0.15) is 0 Å². The lowest BCUT2D eigenvalue weighted by atomic mass is 9.90. The van der Waals surface area contributed by atoms with Crippen LogP contribution in [0.25, 0.3) is 0 Å². The smallest absolute Gasteiger partial charge is 0.0414 e. The molecule has 2 atom stereocenters. The molecule has 0 N–H and O–H groups in total. The van der Waals surface area contributed by atoms with Gasteiger partial charge in [-0.25, -0.2) is 0 Å². The van der Waals surface area contributed by atoms with E-state index < -0.39 is 0 Å². The molecule has 266 valence electrons. The number of unbranched alkanes of at least 4 members (excludes halogenated alkanes) is 29. The molecule has 2 unspecified atom stereocenters. The summed E-state index contributed by atoms with van der Waals surface area (Å²) in [5.74, 6) is 1.98. The highest BCUT2D eigenvalue weighted by Crippen LogP contribution is 2.24. The zero-order chi connectivity index (χ0) is 32.0. The van der Waals surface area contributed by atoms with E-state index >= 15 is 0 Å². The van der Waals surface area contributed by atoms with Crippen LogP contribution in [0.1, 0.15) is 272 Å². The monoisotopic (exact) mass is 619 g/mol. The van der Waals surface area contributed by atoms with Gasteiger partial charge < -0.3 is 0 Å². The summed E-state index contributed by atoms with van der Waals surface area (Å²) in [5, 5.41) is 0. The lowest BCUT2D eigenvalue weighted by Gasteiger charge is -2.16. The van der Waals surface area contributed by atoms with E-state index in [-0.39, 0.29) is 0 Å². The largest absolute Gasteiger partial charge is 0.0654 e. The first-order chi connectivity index (χ1) is 21.7. The third kappa shape index (κ3) is 36.5. The van der Waals surface area contributed by atoms with Crippen LogP contribution in [0.3, 0.4) is 0 Å². The van der Waals surface area contributed by atoms with Crippen LogP contribution in [0.2, 0.25) is 0 Å². The molecular weight excluding hydrogens is 528 g/mol. The molecule has 0 fully saturated rings. The first-order valence-corrected chi connectivity index (χ1v) is 21.7. The number of rotatable bonds is 39. The van der Waals surface area contributed by atoms with Crippen LogP contribution < -0.4 is 0 Å². The van der Waals surface area contributed by atoms with Gasteiger partial charge in [0.15, 0.2) is 0 Å². The zero-order valence-corrected chi connectivity index (χ0v) is 32.0. The Morgan fingerprint density at radius 3 is 0.795 bits per heavy atom. The second-order valence-electron chi connectivity index (χ2n) is 15.5. The predicted octanol–water partition coefficient (Wildman–Crippen LogP) is 17.1. The van der Waals surface area contributed by atoms with Crippen LogP contribution in [-0.2, 0) is 0 Å². The van der Waals surface area contributed by atoms with E-state index in [0.717, 1.165) is 11.8 Å². The van der Waals surface area contributed by atoms with E-state index in [0.29, 0.717) is 0 Å². The standard InChI is InChI=1S/C44H90/c1-5-8-10-11-12-13-14-15-16-17-18-19-20-21-22-23-24-25-26-27-28-29-30-31-32-33-34-35-39-43(4)40-36-37-42-44(38-7-3)41-9-6-2/h43-44H,5-42H2,1-4H3. The molecule has 0 bridgehead atoms. The van der Waals surface area contributed by atoms with E-state index in [2.05, 4.69) is 27.7 Å². The Labute approximate surface area is 282 Å². The Morgan fingerprint density at radius 1 is 0.227 bits per heavy atom. The van der Waals surface area contributed by atoms with Crippen molar-refractivity contribution in [1.82, 2.24) is 0 Å². The van der Waals surface area contributed by atoms with Crippen molar-refractivity contribution < 1.29 is 0 Å². The molecule has 0 spiro atoms. The molecule has 0 aliphatic rings. The van der Waals surface area contributed by atoms with Crippen LogP contribution in [0.15, 0.2) is 0 Å². The normalized spacial score (nSPS) is 13.1. The quantitative estimate of drug-likeness (QED) is 0.0601. The highest BCUT2D eigenvalue weighted by Gasteiger charge is 2.08. The van der Waals surface area contributed by atoms with Gasteiger partial charge in [-0.1, -0.05) is 272 Å². The summed E-state index contributed by atoms with van der Waals surface area (Å²) in [5.41, 5.74) is 0. The molecule has 0 aromatic heterocycles. The van der Waals surface area contributed by atoms with Crippen molar-refractivity contribution in [2.24, 2.45) is 11.8 Å². The van der Waals surface area contributed by atoms with Gasteiger partial charge in [-0.05, 0) is 11.8 Å². The third-order valence-electron chi connectivity index (χ3n) is 10.8. The zero-order valence-electron chi connectivity index (χ0n) is 32.0. The van der Waals surface area contributed by atoms with E-state index in [1.54, 1.807) is 0 Å². The molecule has 0 saturated carbocycles. The van der Waals surface area contributed by atoms with Gasteiger partial charge in [-0.15, -0.1) is 0 Å². The molecule has 0 saturated heterocycles. The summed E-state index contributed by atoms with van der Waals surface area (Å²) in [6.07, 6.45) is 56.2. The third-order valence-corrected chi connectivity index (χ3v) is 10.8. The van der Waals surface area contributed by atoms with Crippen LogP contribution in [0.5, 0.6) is 0 Å². The molecule has 0 heteroatoms. The minimum atomic E-state index is 0.958. The SMILES string of the molecule is CCCCCCCCCCCCCCCCCCCCCCCCCCCCCCC(C)CCCCC(CCC)CCCC. The number of hydrogen-bond acceptors (Lipinski definition) is 0. The van der Waals surface area contributed by atoms with Crippen LogP contribution >= 0.6 is 0 Å². The van der Waals surface area contributed by atoms with E-state index in [4.69, 9.17) is 0 Å². The van der Waals surface area contributed by atoms with Crippen molar-refractivity contribution >= 4 is 0 Å². The fourth-order valence-corrected chi connectivity index (χ4v) is 7.57. The topological polar surface area (TPSA) is 0 Å². The maximum Gasteiger partial charge on any atom is -0.0414 e. The second kappa shape index (κ2) is 39.2. The Kier molecular flexibility index (Phi) is 39.2. The molecule has 0 amide bonds. The molecule has 0 radical (unpaired) electrons. The summed E-state index contributed by atoms with van der Waals surface area (Å²) >= 11 is 0. The summed E-state index contributed by atoms with van der Waals surface area (Å²) in [6.45, 7) is 9.53. The Morgan fingerprint density at radius 2 is 0.477 bits per heavy atom. The van der Waals surface area contributed by atoms with Crippen molar-refractivity contribution in [3.8, 4) is 0 Å². The lowest BCUT2D eigenvalue weighted by molar-refractivity contribution is 0.369. The van der Waals surface area contributed by atoms with Gasteiger partial charge in [0.1, 0.15) is 0 Å². The molecular formula is C44H90. The lowest BCUT2D eigenvalue weighted by Crippen LogP contribution is -2.01. The summed E-state index contributed by atoms with van der Waals surface area (Å²) < 4.78 is 0. The molecule has 0 aliphatic carbocycles. The van der Waals surface area contributed by atoms with E-state index in [9.17, 15) is 0 Å². The maximum atomic E-state index is 2.52.